The maximum atomic E-state index is 13.8. The molecule has 0 radical (unpaired) electrons. The third-order valence-electron chi connectivity index (χ3n) is 9.92. The van der Waals surface area contributed by atoms with Crippen LogP contribution in [-0.2, 0) is 21.2 Å². The van der Waals surface area contributed by atoms with Gasteiger partial charge in [0, 0.05) is 44.4 Å². The van der Waals surface area contributed by atoms with Crippen molar-refractivity contribution >= 4 is 32.7 Å². The van der Waals surface area contributed by atoms with Crippen LogP contribution in [-0.4, -0.2) is 70.2 Å². The molecular weight excluding hydrogens is 524 g/mol. The van der Waals surface area contributed by atoms with E-state index in [1.807, 2.05) is 41.9 Å². The number of nitrogens with zero attached hydrogens (tertiary/aromatic N) is 6. The summed E-state index contributed by atoms with van der Waals surface area (Å²) in [6.07, 6.45) is 4.52. The summed E-state index contributed by atoms with van der Waals surface area (Å²) in [6.45, 7) is 10.3. The van der Waals surface area contributed by atoms with E-state index >= 15 is 0 Å². The number of hydrogen-bond donors (Lipinski definition) is 0. The van der Waals surface area contributed by atoms with E-state index in [2.05, 4.69) is 25.7 Å². The number of hydrogen-bond acceptors (Lipinski definition) is 7. The van der Waals surface area contributed by atoms with Gasteiger partial charge < -0.3 is 4.90 Å². The molecule has 1 aromatic carbocycles. The number of anilines is 1. The number of sulfonamides is 1. The molecule has 3 aliphatic rings. The lowest BCUT2D eigenvalue weighted by molar-refractivity contribution is -0.128. The molecule has 0 N–H and O–H groups in total. The Bertz CT molecular complexity index is 1550. The van der Waals surface area contributed by atoms with Gasteiger partial charge in [0.25, 0.3) is 0 Å². The van der Waals surface area contributed by atoms with Gasteiger partial charge in [0.2, 0.25) is 10.0 Å². The van der Waals surface area contributed by atoms with E-state index < -0.39 is 15.4 Å². The van der Waals surface area contributed by atoms with Crippen molar-refractivity contribution in [3.8, 4) is 5.69 Å². The Hall–Kier alpha value is -2.85. The summed E-state index contributed by atoms with van der Waals surface area (Å²) in [6, 6.07) is 10.00. The summed E-state index contributed by atoms with van der Waals surface area (Å²) in [5.74, 6) is 1.98. The van der Waals surface area contributed by atoms with E-state index in [-0.39, 0.29) is 17.0 Å². The molecule has 214 valence electrons. The van der Waals surface area contributed by atoms with Crippen molar-refractivity contribution in [2.75, 3.05) is 36.8 Å². The third kappa shape index (κ3) is 4.26. The van der Waals surface area contributed by atoms with E-state index in [9.17, 15) is 13.2 Å². The van der Waals surface area contributed by atoms with E-state index in [1.54, 1.807) is 4.31 Å². The number of aromatic nitrogens is 4. The first-order chi connectivity index (χ1) is 19.1. The average molecular weight is 565 g/mol. The lowest BCUT2D eigenvalue weighted by atomic mass is 9.70. The minimum atomic E-state index is -3.61. The molecular formula is C30H40N6O3S. The van der Waals surface area contributed by atoms with Gasteiger partial charge in [0.1, 0.15) is 17.4 Å². The zero-order valence-electron chi connectivity index (χ0n) is 24.1. The molecule has 1 aliphatic heterocycles. The molecule has 0 spiro atoms. The molecule has 2 aromatic heterocycles. The normalized spacial score (nSPS) is 25.1. The highest BCUT2D eigenvalue weighted by atomic mass is 32.2. The maximum absolute atomic E-state index is 13.8. The Morgan fingerprint density at radius 3 is 2.50 bits per heavy atom. The SMILES string of the molecule is CCCc1nc(N2CCCN(S(=O)(=O)C[C@]34CCC(CC3=O)C4(C)C)CC2)c2c(C)nn(-c3ccccc3)c2n1. The summed E-state index contributed by atoms with van der Waals surface area (Å²) >= 11 is 0. The summed E-state index contributed by atoms with van der Waals surface area (Å²) < 4.78 is 31.2. The van der Waals surface area contributed by atoms with Crippen LogP contribution >= 0.6 is 0 Å². The molecule has 3 heterocycles. The van der Waals surface area contributed by atoms with Crippen LogP contribution in [0.5, 0.6) is 0 Å². The van der Waals surface area contributed by atoms with Gasteiger partial charge in [-0.2, -0.15) is 5.10 Å². The first kappa shape index (κ1) is 27.3. The van der Waals surface area contributed by atoms with E-state index in [4.69, 9.17) is 15.1 Å². The highest BCUT2D eigenvalue weighted by molar-refractivity contribution is 7.89. The molecule has 9 nitrogen and oxygen atoms in total. The lowest BCUT2D eigenvalue weighted by Gasteiger charge is -2.37. The van der Waals surface area contributed by atoms with Crippen LogP contribution in [0.25, 0.3) is 16.7 Å². The van der Waals surface area contributed by atoms with Gasteiger partial charge in [-0.15, -0.1) is 0 Å². The van der Waals surface area contributed by atoms with E-state index in [0.29, 0.717) is 51.4 Å². The number of rotatable bonds is 7. The number of fused-ring (bicyclic) bond motifs is 3. The molecule has 2 saturated carbocycles. The molecule has 2 atom stereocenters. The van der Waals surface area contributed by atoms with Gasteiger partial charge in [-0.25, -0.2) is 27.4 Å². The van der Waals surface area contributed by atoms with Crippen LogP contribution < -0.4 is 4.90 Å². The number of carbonyl (C=O) groups excluding carboxylic acids is 1. The second kappa shape index (κ2) is 9.91. The van der Waals surface area contributed by atoms with Gasteiger partial charge in [-0.05, 0) is 56.1 Å². The molecule has 3 fully saturated rings. The molecule has 40 heavy (non-hydrogen) atoms. The predicted octanol–water partition coefficient (Wildman–Crippen LogP) is 4.31. The molecule has 3 aromatic rings. The van der Waals surface area contributed by atoms with Gasteiger partial charge in [-0.1, -0.05) is 39.0 Å². The average Bonchev–Trinajstić information content (AvgIpc) is 3.31. The number of Topliss-reactive ketones (excluding diaryl/α,β-unsaturated/α-hetero) is 1. The van der Waals surface area contributed by atoms with E-state index in [0.717, 1.165) is 53.3 Å². The Morgan fingerprint density at radius 2 is 1.82 bits per heavy atom. The monoisotopic (exact) mass is 564 g/mol. The predicted molar refractivity (Wildman–Crippen MR) is 156 cm³/mol. The van der Waals surface area contributed by atoms with Crippen molar-refractivity contribution in [3.63, 3.8) is 0 Å². The molecule has 2 bridgehead atoms. The zero-order chi connectivity index (χ0) is 28.3. The molecule has 2 aliphatic carbocycles. The summed E-state index contributed by atoms with van der Waals surface area (Å²) in [4.78, 5) is 25.2. The Morgan fingerprint density at radius 1 is 1.05 bits per heavy atom. The highest BCUT2D eigenvalue weighted by Crippen LogP contribution is 2.64. The van der Waals surface area contributed by atoms with Gasteiger partial charge in [-0.3, -0.25) is 4.79 Å². The van der Waals surface area contributed by atoms with Crippen molar-refractivity contribution in [3.05, 3.63) is 41.9 Å². The topological polar surface area (TPSA) is 101 Å². The molecule has 0 amide bonds. The van der Waals surface area contributed by atoms with Crippen molar-refractivity contribution in [1.82, 2.24) is 24.1 Å². The first-order valence-corrected chi connectivity index (χ1v) is 16.3. The second-order valence-corrected chi connectivity index (χ2v) is 14.4. The van der Waals surface area contributed by atoms with Crippen LogP contribution in [0.4, 0.5) is 5.82 Å². The Labute approximate surface area is 237 Å². The standard InChI is InChI=1S/C30H40N6O3S/c1-5-10-25-31-27(26-21(2)33-36(28(26)32-25)23-11-7-6-8-12-23)34-15-9-16-35(18-17-34)40(38,39)20-30-14-13-22(19-24(30)37)29(30,3)4/h6-8,11-12,22H,5,9-10,13-20H2,1-4H3/t22?,30-/m1/s1. The summed E-state index contributed by atoms with van der Waals surface area (Å²) in [7, 11) is -3.61. The largest absolute Gasteiger partial charge is 0.355 e. The summed E-state index contributed by atoms with van der Waals surface area (Å²) in [5.41, 5.74) is 1.55. The van der Waals surface area contributed by atoms with Crippen LogP contribution in [0.15, 0.2) is 30.3 Å². The van der Waals surface area contributed by atoms with Crippen LogP contribution in [0.2, 0.25) is 0 Å². The minimum Gasteiger partial charge on any atom is -0.355 e. The first-order valence-electron chi connectivity index (χ1n) is 14.6. The van der Waals surface area contributed by atoms with Crippen LogP contribution in [0.1, 0.15) is 64.4 Å². The zero-order valence-corrected chi connectivity index (χ0v) is 24.9. The second-order valence-electron chi connectivity index (χ2n) is 12.4. The fraction of sp³-hybridized carbons (Fsp3) is 0.600. The van der Waals surface area contributed by atoms with Gasteiger partial charge >= 0.3 is 0 Å². The fourth-order valence-electron chi connectivity index (χ4n) is 7.41. The minimum absolute atomic E-state index is 0.0658. The smallest absolute Gasteiger partial charge is 0.215 e. The van der Waals surface area contributed by atoms with Crippen LogP contribution in [0.3, 0.4) is 0 Å². The van der Waals surface area contributed by atoms with Crippen molar-refractivity contribution in [1.29, 1.82) is 0 Å². The molecule has 1 saturated heterocycles. The van der Waals surface area contributed by atoms with Crippen molar-refractivity contribution < 1.29 is 13.2 Å². The fourth-order valence-corrected chi connectivity index (χ4v) is 9.66. The Kier molecular flexibility index (Phi) is 6.77. The number of aryl methyl sites for hydroxylation is 2. The number of ketones is 1. The molecule has 6 rings (SSSR count). The van der Waals surface area contributed by atoms with Crippen molar-refractivity contribution in [2.24, 2.45) is 16.7 Å². The van der Waals surface area contributed by atoms with Crippen LogP contribution in [0, 0.1) is 23.7 Å². The van der Waals surface area contributed by atoms with Gasteiger partial charge in [0.15, 0.2) is 5.65 Å². The number of benzene rings is 1. The maximum Gasteiger partial charge on any atom is 0.215 e. The van der Waals surface area contributed by atoms with E-state index in [1.165, 1.54) is 0 Å². The van der Waals surface area contributed by atoms with Gasteiger partial charge in [0.05, 0.1) is 22.5 Å². The molecule has 1 unspecified atom stereocenters. The molecule has 10 heteroatoms. The Balaban J connectivity index is 1.30. The quantitative estimate of drug-likeness (QED) is 0.421. The third-order valence-corrected chi connectivity index (χ3v) is 11.9. The number of para-hydroxylation sites is 1. The number of carbonyl (C=O) groups is 1. The lowest BCUT2D eigenvalue weighted by Crippen LogP contribution is -2.47. The summed E-state index contributed by atoms with van der Waals surface area (Å²) in [5, 5.41) is 5.75. The van der Waals surface area contributed by atoms with Crippen molar-refractivity contribution in [2.45, 2.75) is 66.2 Å². The highest BCUT2D eigenvalue weighted by Gasteiger charge is 2.65.